The lowest BCUT2D eigenvalue weighted by molar-refractivity contribution is -0.154. The summed E-state index contributed by atoms with van der Waals surface area (Å²) in [6.07, 6.45) is 0. The van der Waals surface area contributed by atoms with Gasteiger partial charge < -0.3 is 14.4 Å². The Morgan fingerprint density at radius 3 is 2.14 bits per heavy atom. The molecule has 1 spiro atoms. The summed E-state index contributed by atoms with van der Waals surface area (Å²) >= 11 is 3.43. The van der Waals surface area contributed by atoms with Gasteiger partial charge in [-0.15, -0.1) is 0 Å². The van der Waals surface area contributed by atoms with E-state index in [4.69, 9.17) is 9.47 Å². The first kappa shape index (κ1) is 21.7. The van der Waals surface area contributed by atoms with Crippen LogP contribution < -0.4 is 9.64 Å². The summed E-state index contributed by atoms with van der Waals surface area (Å²) in [6, 6.07) is 19.9. The fourth-order valence-corrected chi connectivity index (χ4v) is 6.08. The first-order chi connectivity index (χ1) is 16.9. The Balaban J connectivity index is 1.69. The monoisotopic (exact) mass is 531 g/mol. The molecule has 174 valence electrons. The van der Waals surface area contributed by atoms with Crippen molar-refractivity contribution in [3.8, 4) is 5.75 Å². The summed E-state index contributed by atoms with van der Waals surface area (Å²) in [6.45, 7) is 0. The number of ether oxygens (including phenoxy) is 2. The summed E-state index contributed by atoms with van der Waals surface area (Å²) in [7, 11) is 1.52. The molecule has 0 aromatic heterocycles. The zero-order valence-electron chi connectivity index (χ0n) is 18.4. The summed E-state index contributed by atoms with van der Waals surface area (Å²) < 4.78 is 11.3. The number of Topliss-reactive ketones (excluding diaryl/α,β-unsaturated/α-hetero) is 2. The number of rotatable bonds is 3. The van der Waals surface area contributed by atoms with E-state index in [9.17, 15) is 19.2 Å². The smallest absolute Gasteiger partial charge is 0.320 e. The molecule has 0 amide bonds. The quantitative estimate of drug-likeness (QED) is 0.370. The van der Waals surface area contributed by atoms with E-state index < -0.39 is 46.9 Å². The van der Waals surface area contributed by atoms with Gasteiger partial charge in [0.2, 0.25) is 0 Å². The average Bonchev–Trinajstić information content (AvgIpc) is 3.43. The van der Waals surface area contributed by atoms with E-state index in [-0.39, 0.29) is 11.1 Å². The molecule has 35 heavy (non-hydrogen) atoms. The SMILES string of the molecule is COc1cccc(N2C(c3ccc(Br)cc3)C3C(=O)OC(=O)C3C23C(=O)c2ccccc2C3=O)c1. The minimum atomic E-state index is -1.96. The number of anilines is 1. The van der Waals surface area contributed by atoms with Gasteiger partial charge >= 0.3 is 11.9 Å². The number of carbonyl (C=O) groups excluding carboxylic acids is 4. The number of ketones is 2. The maximum Gasteiger partial charge on any atom is 0.320 e. The first-order valence-electron chi connectivity index (χ1n) is 11.0. The van der Waals surface area contributed by atoms with E-state index in [2.05, 4.69) is 15.9 Å². The summed E-state index contributed by atoms with van der Waals surface area (Å²) in [5, 5.41) is 0. The second-order valence-electron chi connectivity index (χ2n) is 8.78. The molecule has 0 bridgehead atoms. The number of carbonyl (C=O) groups is 4. The van der Waals surface area contributed by atoms with Crippen molar-refractivity contribution in [3.05, 3.63) is 94.0 Å². The average molecular weight is 532 g/mol. The summed E-state index contributed by atoms with van der Waals surface area (Å²) in [5.41, 5.74) is -0.338. The van der Waals surface area contributed by atoms with Crippen molar-refractivity contribution < 1.29 is 28.7 Å². The van der Waals surface area contributed by atoms with Gasteiger partial charge in [0.1, 0.15) is 11.7 Å². The van der Waals surface area contributed by atoms with Crippen molar-refractivity contribution in [1.82, 2.24) is 0 Å². The van der Waals surface area contributed by atoms with Crippen LogP contribution in [0.5, 0.6) is 5.75 Å². The van der Waals surface area contributed by atoms with E-state index in [1.165, 1.54) is 7.11 Å². The van der Waals surface area contributed by atoms with Gasteiger partial charge in [-0.1, -0.05) is 58.4 Å². The fraction of sp³-hybridized carbons (Fsp3) is 0.185. The number of benzene rings is 3. The predicted octanol–water partition coefficient (Wildman–Crippen LogP) is 4.15. The number of esters is 2. The molecule has 6 rings (SSSR count). The largest absolute Gasteiger partial charge is 0.497 e. The van der Waals surface area contributed by atoms with Crippen LogP contribution in [0.15, 0.2) is 77.3 Å². The van der Waals surface area contributed by atoms with Crippen molar-refractivity contribution in [3.63, 3.8) is 0 Å². The molecule has 2 aliphatic heterocycles. The van der Waals surface area contributed by atoms with Gasteiger partial charge in [-0.25, -0.2) is 0 Å². The van der Waals surface area contributed by atoms with Crippen LogP contribution in [0.4, 0.5) is 5.69 Å². The van der Waals surface area contributed by atoms with Gasteiger partial charge in [0.15, 0.2) is 17.1 Å². The fourth-order valence-electron chi connectivity index (χ4n) is 5.82. The van der Waals surface area contributed by atoms with Gasteiger partial charge in [0, 0.05) is 27.4 Å². The number of halogens is 1. The Morgan fingerprint density at radius 1 is 0.857 bits per heavy atom. The molecule has 3 aromatic carbocycles. The topological polar surface area (TPSA) is 90.0 Å². The molecule has 0 radical (unpaired) electrons. The van der Waals surface area contributed by atoms with Gasteiger partial charge in [0.05, 0.1) is 19.1 Å². The van der Waals surface area contributed by atoms with E-state index >= 15 is 0 Å². The molecule has 0 N–H and O–H groups in total. The minimum Gasteiger partial charge on any atom is -0.497 e. The third kappa shape index (κ3) is 2.77. The van der Waals surface area contributed by atoms with Crippen LogP contribution in [0, 0.1) is 11.8 Å². The first-order valence-corrected chi connectivity index (χ1v) is 11.8. The van der Waals surface area contributed by atoms with Gasteiger partial charge in [-0.2, -0.15) is 0 Å². The number of cyclic esters (lactones) is 2. The minimum absolute atomic E-state index is 0.229. The molecule has 2 fully saturated rings. The number of hydrogen-bond donors (Lipinski definition) is 0. The Hall–Kier alpha value is -3.78. The van der Waals surface area contributed by atoms with Crippen LogP contribution in [0.3, 0.4) is 0 Å². The number of fused-ring (bicyclic) bond motifs is 3. The van der Waals surface area contributed by atoms with E-state index in [1.54, 1.807) is 53.4 Å². The van der Waals surface area contributed by atoms with Gasteiger partial charge in [-0.05, 0) is 29.8 Å². The van der Waals surface area contributed by atoms with Crippen LogP contribution in [0.2, 0.25) is 0 Å². The molecule has 3 aromatic rings. The lowest BCUT2D eigenvalue weighted by Gasteiger charge is -2.39. The van der Waals surface area contributed by atoms with Crippen molar-refractivity contribution >= 4 is 45.1 Å². The summed E-state index contributed by atoms with van der Waals surface area (Å²) in [5.74, 6) is -4.45. The Kier molecular flexibility index (Phi) is 4.73. The molecule has 2 saturated heterocycles. The predicted molar refractivity (Wildman–Crippen MR) is 128 cm³/mol. The highest BCUT2D eigenvalue weighted by molar-refractivity contribution is 9.10. The Bertz CT molecular complexity index is 1400. The second-order valence-corrected chi connectivity index (χ2v) is 9.70. The highest BCUT2D eigenvalue weighted by Crippen LogP contribution is 2.60. The van der Waals surface area contributed by atoms with Gasteiger partial charge in [-0.3, -0.25) is 19.2 Å². The second kappa shape index (κ2) is 7.61. The van der Waals surface area contributed by atoms with Crippen LogP contribution in [-0.2, 0) is 14.3 Å². The summed E-state index contributed by atoms with van der Waals surface area (Å²) in [4.78, 5) is 56.3. The molecular weight excluding hydrogens is 514 g/mol. The lowest BCUT2D eigenvalue weighted by atomic mass is 9.76. The Morgan fingerprint density at radius 2 is 1.51 bits per heavy atom. The number of methoxy groups -OCH3 is 1. The van der Waals surface area contributed by atoms with Gasteiger partial charge in [0.25, 0.3) is 0 Å². The third-order valence-electron chi connectivity index (χ3n) is 7.19. The molecule has 3 aliphatic rings. The standard InChI is InChI=1S/C27H18BrNO6/c1-34-17-6-4-5-16(13-17)29-22(14-9-11-15(28)12-10-14)20-21(26(33)35-25(20)32)27(29)23(30)18-7-2-3-8-19(18)24(27)31/h2-13,20-22H,1H3. The van der Waals surface area contributed by atoms with Crippen LogP contribution in [-0.4, -0.2) is 36.2 Å². The molecular formula is C27H18BrNO6. The third-order valence-corrected chi connectivity index (χ3v) is 7.72. The molecule has 7 nitrogen and oxygen atoms in total. The lowest BCUT2D eigenvalue weighted by Crippen LogP contribution is -2.59. The van der Waals surface area contributed by atoms with Crippen LogP contribution >= 0.6 is 15.9 Å². The van der Waals surface area contributed by atoms with Crippen molar-refractivity contribution in [1.29, 1.82) is 0 Å². The normalized spacial score (nSPS) is 24.1. The molecule has 0 saturated carbocycles. The van der Waals surface area contributed by atoms with Crippen LogP contribution in [0.25, 0.3) is 0 Å². The van der Waals surface area contributed by atoms with E-state index in [1.807, 2.05) is 24.3 Å². The van der Waals surface area contributed by atoms with Crippen LogP contribution in [0.1, 0.15) is 32.3 Å². The maximum absolute atomic E-state index is 14.2. The van der Waals surface area contributed by atoms with Crippen molar-refractivity contribution in [2.45, 2.75) is 11.6 Å². The number of hydrogen-bond acceptors (Lipinski definition) is 7. The maximum atomic E-state index is 14.2. The highest BCUT2D eigenvalue weighted by Gasteiger charge is 2.76. The molecule has 1 aliphatic carbocycles. The zero-order chi connectivity index (χ0) is 24.5. The highest BCUT2D eigenvalue weighted by atomic mass is 79.9. The Labute approximate surface area is 208 Å². The molecule has 3 atom stereocenters. The van der Waals surface area contributed by atoms with Crippen molar-refractivity contribution in [2.75, 3.05) is 12.0 Å². The molecule has 8 heteroatoms. The molecule has 2 heterocycles. The molecule has 3 unspecified atom stereocenters. The zero-order valence-corrected chi connectivity index (χ0v) is 20.0. The van der Waals surface area contributed by atoms with E-state index in [0.717, 1.165) is 4.47 Å². The van der Waals surface area contributed by atoms with Crippen molar-refractivity contribution in [2.24, 2.45) is 11.8 Å². The van der Waals surface area contributed by atoms with E-state index in [0.29, 0.717) is 17.0 Å². The number of nitrogens with zero attached hydrogens (tertiary/aromatic N) is 1.